The van der Waals surface area contributed by atoms with Crippen LogP contribution in [0.1, 0.15) is 85.0 Å². The highest BCUT2D eigenvalue weighted by molar-refractivity contribution is 6.38. The Morgan fingerprint density at radius 2 is 1.65 bits per heavy atom. The molecule has 3 aliphatic carbocycles. The van der Waals surface area contributed by atoms with E-state index >= 15 is 0 Å². The largest absolute Gasteiger partial charge is 0.356 e. The number of Topliss-reactive ketones (excluding diaryl/α,β-unsaturated/α-hetero) is 1. The summed E-state index contributed by atoms with van der Waals surface area (Å²) in [6.45, 7) is 5.38. The van der Waals surface area contributed by atoms with Crippen molar-refractivity contribution in [3.05, 3.63) is 0 Å². The number of halogens is 2. The molecule has 0 spiro atoms. The van der Waals surface area contributed by atoms with E-state index in [1.54, 1.807) is 20.8 Å². The van der Waals surface area contributed by atoms with Crippen LogP contribution in [0.3, 0.4) is 0 Å². The Hall–Kier alpha value is -3.12. The summed E-state index contributed by atoms with van der Waals surface area (Å²) < 4.78 is 27.7. The number of nitrogens with zero attached hydrogens (tertiary/aromatic N) is 1. The summed E-state index contributed by atoms with van der Waals surface area (Å²) in [5.41, 5.74) is -0.882. The average Bonchev–Trinajstić information content (AvgIpc) is 3.61. The van der Waals surface area contributed by atoms with Crippen LogP contribution in [0.4, 0.5) is 8.78 Å². The summed E-state index contributed by atoms with van der Waals surface area (Å²) in [6.07, 6.45) is 3.73. The summed E-state index contributed by atoms with van der Waals surface area (Å²) in [5, 5.41) is 10.7. The number of hydrogen-bond donors (Lipinski definition) is 4. The van der Waals surface area contributed by atoms with Crippen LogP contribution in [0.2, 0.25) is 0 Å². The van der Waals surface area contributed by atoms with E-state index < -0.39 is 83.6 Å². The van der Waals surface area contributed by atoms with Crippen molar-refractivity contribution in [2.45, 2.75) is 115 Å². The minimum Gasteiger partial charge on any atom is -0.356 e. The van der Waals surface area contributed by atoms with Gasteiger partial charge in [-0.05, 0) is 43.9 Å². The van der Waals surface area contributed by atoms with Gasteiger partial charge in [0, 0.05) is 43.8 Å². The van der Waals surface area contributed by atoms with Gasteiger partial charge in [0.05, 0.1) is 6.04 Å². The second kappa shape index (κ2) is 12.9. The molecule has 5 amide bonds. The van der Waals surface area contributed by atoms with Crippen molar-refractivity contribution in [1.82, 2.24) is 26.2 Å². The van der Waals surface area contributed by atoms with E-state index in [4.69, 9.17) is 0 Å². The van der Waals surface area contributed by atoms with Gasteiger partial charge in [-0.3, -0.25) is 28.8 Å². The fourth-order valence-electron chi connectivity index (χ4n) is 5.84. The molecule has 13 heteroatoms. The van der Waals surface area contributed by atoms with Gasteiger partial charge in [-0.15, -0.1) is 0 Å². The first-order valence-corrected chi connectivity index (χ1v) is 15.4. The second-order valence-corrected chi connectivity index (χ2v) is 13.9. The van der Waals surface area contributed by atoms with Crippen LogP contribution in [-0.4, -0.2) is 83.9 Å². The number of carbonyl (C=O) groups excluding carboxylic acids is 6. The predicted octanol–water partition coefficient (Wildman–Crippen LogP) is 1.44. The van der Waals surface area contributed by atoms with Gasteiger partial charge in [0.25, 0.3) is 5.91 Å². The van der Waals surface area contributed by atoms with Crippen molar-refractivity contribution in [3.8, 4) is 0 Å². The Kier molecular flexibility index (Phi) is 9.80. The van der Waals surface area contributed by atoms with Gasteiger partial charge < -0.3 is 26.2 Å². The Labute approximate surface area is 251 Å². The highest BCUT2D eigenvalue weighted by Crippen LogP contribution is 2.44. The number of hydrogen-bond acceptors (Lipinski definition) is 6. The zero-order chi connectivity index (χ0) is 31.7. The number of likely N-dealkylation sites (N-methyl/N-ethyl adjacent to an activating group) is 1. The normalized spacial score (nSPS) is 24.0. The van der Waals surface area contributed by atoms with Gasteiger partial charge in [-0.2, -0.15) is 0 Å². The van der Waals surface area contributed by atoms with Crippen molar-refractivity contribution in [2.24, 2.45) is 23.2 Å². The molecule has 0 radical (unpaired) electrons. The molecule has 4 fully saturated rings. The first-order valence-electron chi connectivity index (χ1n) is 15.4. The summed E-state index contributed by atoms with van der Waals surface area (Å²) in [4.78, 5) is 79.9. The number of rotatable bonds is 13. The molecule has 43 heavy (non-hydrogen) atoms. The molecule has 11 nitrogen and oxygen atoms in total. The lowest BCUT2D eigenvalue weighted by Gasteiger charge is -2.43. The molecule has 4 atom stereocenters. The van der Waals surface area contributed by atoms with E-state index in [1.807, 2.05) is 0 Å². The Bertz CT molecular complexity index is 1120. The van der Waals surface area contributed by atoms with Crippen LogP contribution in [-0.2, 0) is 28.8 Å². The predicted molar refractivity (Wildman–Crippen MR) is 151 cm³/mol. The van der Waals surface area contributed by atoms with Gasteiger partial charge in [-0.25, -0.2) is 8.78 Å². The zero-order valence-electron chi connectivity index (χ0n) is 25.5. The maximum Gasteiger partial charge on any atom is 0.289 e. The molecule has 0 aromatic heterocycles. The lowest BCUT2D eigenvalue weighted by atomic mass is 9.75. The highest BCUT2D eigenvalue weighted by Gasteiger charge is 2.52. The number of ketones is 1. The summed E-state index contributed by atoms with van der Waals surface area (Å²) in [6, 6.07) is -3.70. The molecular weight excluding hydrogens is 564 g/mol. The quantitative estimate of drug-likeness (QED) is 0.232. The third-order valence-corrected chi connectivity index (χ3v) is 9.18. The fourth-order valence-corrected chi connectivity index (χ4v) is 5.84. The molecule has 0 aromatic carbocycles. The maximum absolute atomic E-state index is 13.9. The molecule has 4 rings (SSSR count). The minimum atomic E-state index is -2.93. The first kappa shape index (κ1) is 32.8. The summed E-state index contributed by atoms with van der Waals surface area (Å²) >= 11 is 0. The van der Waals surface area contributed by atoms with E-state index in [0.717, 1.165) is 32.1 Å². The van der Waals surface area contributed by atoms with E-state index in [0.29, 0.717) is 13.0 Å². The number of nitrogens with one attached hydrogen (secondary N) is 4. The SMILES string of the molecule is CN(C(=O)[C@H](NC(=O)C(C)(C)C)C1CC(F)(F)C1)[C@@H](CC1CCC1)C(=O)N[C@@H](C[C@@H]1CCNC1=O)C(=O)C(=O)NC1CC1. The zero-order valence-corrected chi connectivity index (χ0v) is 25.5. The molecule has 240 valence electrons. The van der Waals surface area contributed by atoms with E-state index in [1.165, 1.54) is 11.9 Å². The second-order valence-electron chi connectivity index (χ2n) is 13.9. The molecule has 1 saturated heterocycles. The third kappa shape index (κ3) is 8.29. The molecule has 0 bridgehead atoms. The third-order valence-electron chi connectivity index (χ3n) is 9.18. The average molecular weight is 610 g/mol. The van der Waals surface area contributed by atoms with Crippen LogP contribution in [0.5, 0.6) is 0 Å². The standard InChI is InChI=1S/C30H45F2N5O6/c1-29(2,3)28(43)36-22(18-14-30(31,32)15-18)27(42)37(4)21(12-16-6-5-7-16)25(40)35-20(13-17-10-11-33-24(17)39)23(38)26(41)34-19-8-9-19/h16-22H,5-15H2,1-4H3,(H,33,39)(H,34,41)(H,35,40)(H,36,43)/t17-,20-,21-,22+/m0/s1. The molecule has 4 N–H and O–H groups in total. The van der Waals surface area contributed by atoms with Crippen molar-refractivity contribution >= 4 is 35.3 Å². The van der Waals surface area contributed by atoms with Crippen molar-refractivity contribution in [2.75, 3.05) is 13.6 Å². The monoisotopic (exact) mass is 609 g/mol. The number of amides is 5. The molecule has 0 aromatic rings. The molecule has 1 aliphatic heterocycles. The van der Waals surface area contributed by atoms with Crippen LogP contribution in [0, 0.1) is 23.2 Å². The van der Waals surface area contributed by atoms with Gasteiger partial charge in [-0.1, -0.05) is 40.0 Å². The lowest BCUT2D eigenvalue weighted by molar-refractivity contribution is -0.156. The Morgan fingerprint density at radius 3 is 2.14 bits per heavy atom. The molecule has 0 unspecified atom stereocenters. The van der Waals surface area contributed by atoms with Crippen LogP contribution >= 0.6 is 0 Å². The number of alkyl halides is 2. The summed E-state index contributed by atoms with van der Waals surface area (Å²) in [5.74, 6) is -7.92. The maximum atomic E-state index is 13.9. The lowest BCUT2D eigenvalue weighted by Crippen LogP contribution is -2.62. The molecule has 1 heterocycles. The Morgan fingerprint density at radius 1 is 1.00 bits per heavy atom. The smallest absolute Gasteiger partial charge is 0.289 e. The van der Waals surface area contributed by atoms with Crippen LogP contribution < -0.4 is 21.3 Å². The molecular formula is C30H45F2N5O6. The summed E-state index contributed by atoms with van der Waals surface area (Å²) in [7, 11) is 1.40. The number of carbonyl (C=O) groups is 6. The van der Waals surface area contributed by atoms with E-state index in [-0.39, 0.29) is 30.7 Å². The van der Waals surface area contributed by atoms with E-state index in [2.05, 4.69) is 21.3 Å². The van der Waals surface area contributed by atoms with Crippen molar-refractivity contribution in [1.29, 1.82) is 0 Å². The molecule has 4 aliphatic rings. The van der Waals surface area contributed by atoms with Crippen molar-refractivity contribution in [3.63, 3.8) is 0 Å². The minimum absolute atomic E-state index is 0.0657. The fraction of sp³-hybridized carbons (Fsp3) is 0.800. The van der Waals surface area contributed by atoms with Gasteiger partial charge >= 0.3 is 0 Å². The van der Waals surface area contributed by atoms with Crippen LogP contribution in [0.25, 0.3) is 0 Å². The van der Waals surface area contributed by atoms with E-state index in [9.17, 15) is 37.5 Å². The highest BCUT2D eigenvalue weighted by atomic mass is 19.3. The van der Waals surface area contributed by atoms with Gasteiger partial charge in [0.1, 0.15) is 12.1 Å². The van der Waals surface area contributed by atoms with Gasteiger partial charge in [0.2, 0.25) is 35.3 Å². The topological polar surface area (TPSA) is 154 Å². The van der Waals surface area contributed by atoms with Gasteiger partial charge in [0.15, 0.2) is 0 Å². The molecule has 3 saturated carbocycles. The first-order chi connectivity index (χ1) is 20.1. The Balaban J connectivity index is 1.54. The van der Waals surface area contributed by atoms with Crippen LogP contribution in [0.15, 0.2) is 0 Å². The van der Waals surface area contributed by atoms with Crippen molar-refractivity contribution < 1.29 is 37.5 Å².